The summed E-state index contributed by atoms with van der Waals surface area (Å²) < 4.78 is 0.808. The Morgan fingerprint density at radius 3 is 2.76 bits per heavy atom. The van der Waals surface area contributed by atoms with E-state index >= 15 is 0 Å². The van der Waals surface area contributed by atoms with E-state index in [4.69, 9.17) is 0 Å². The van der Waals surface area contributed by atoms with Gasteiger partial charge in [0.2, 0.25) is 5.91 Å². The van der Waals surface area contributed by atoms with Crippen LogP contribution < -0.4 is 10.6 Å². The normalized spacial score (nSPS) is 11.9. The molecule has 3 aromatic rings. The molecule has 3 rings (SSSR count). The van der Waals surface area contributed by atoms with E-state index < -0.39 is 0 Å². The minimum atomic E-state index is -0.298. The minimum absolute atomic E-state index is 0.101. The number of para-hydroxylation sites is 2. The van der Waals surface area contributed by atoms with E-state index in [9.17, 15) is 9.59 Å². The van der Waals surface area contributed by atoms with Crippen molar-refractivity contribution in [2.24, 2.45) is 0 Å². The van der Waals surface area contributed by atoms with Crippen molar-refractivity contribution in [3.63, 3.8) is 0 Å². The molecule has 128 valence electrons. The van der Waals surface area contributed by atoms with Gasteiger partial charge in [0, 0.05) is 10.0 Å². The first-order valence-corrected chi connectivity index (χ1v) is 8.60. The summed E-state index contributed by atoms with van der Waals surface area (Å²) >= 11 is 3.31. The van der Waals surface area contributed by atoms with Crippen LogP contribution in [0.4, 0.5) is 0 Å². The number of benzene rings is 2. The zero-order valence-electron chi connectivity index (χ0n) is 13.5. The number of fused-ring (bicyclic) bond motifs is 1. The van der Waals surface area contributed by atoms with Gasteiger partial charge in [0.25, 0.3) is 5.91 Å². The van der Waals surface area contributed by atoms with Gasteiger partial charge in [0.05, 0.1) is 23.6 Å². The lowest BCUT2D eigenvalue weighted by Crippen LogP contribution is -2.38. The number of H-pyrrole nitrogens is 1. The molecule has 1 heterocycles. The Hall–Kier alpha value is -2.67. The highest BCUT2D eigenvalue weighted by Crippen LogP contribution is 2.15. The number of imidazole rings is 1. The largest absolute Gasteiger partial charge is 0.345 e. The van der Waals surface area contributed by atoms with Gasteiger partial charge in [-0.05, 0) is 37.3 Å². The van der Waals surface area contributed by atoms with Crippen molar-refractivity contribution in [3.8, 4) is 0 Å². The topological polar surface area (TPSA) is 86.9 Å². The zero-order valence-corrected chi connectivity index (χ0v) is 15.1. The van der Waals surface area contributed by atoms with Crippen LogP contribution in [0.25, 0.3) is 11.0 Å². The molecule has 0 aliphatic rings. The number of hydrogen-bond acceptors (Lipinski definition) is 3. The molecule has 0 saturated heterocycles. The molecule has 0 aliphatic carbocycles. The fourth-order valence-corrected chi connectivity index (χ4v) is 2.83. The van der Waals surface area contributed by atoms with Crippen molar-refractivity contribution in [3.05, 3.63) is 64.4 Å². The highest BCUT2D eigenvalue weighted by atomic mass is 79.9. The lowest BCUT2D eigenvalue weighted by Gasteiger charge is -2.12. The van der Waals surface area contributed by atoms with E-state index in [1.165, 1.54) is 0 Å². The molecule has 0 fully saturated rings. The lowest BCUT2D eigenvalue weighted by atomic mass is 10.2. The molecular formula is C18H17BrN4O2. The number of carbonyl (C=O) groups is 2. The summed E-state index contributed by atoms with van der Waals surface area (Å²) in [7, 11) is 0. The Bertz CT molecular complexity index is 889. The molecule has 3 N–H and O–H groups in total. The van der Waals surface area contributed by atoms with Gasteiger partial charge in [-0.3, -0.25) is 9.59 Å². The van der Waals surface area contributed by atoms with Crippen LogP contribution in [0, 0.1) is 0 Å². The Labute approximate surface area is 153 Å². The number of aromatic amines is 1. The summed E-state index contributed by atoms with van der Waals surface area (Å²) in [6.07, 6.45) is 0. The maximum Gasteiger partial charge on any atom is 0.251 e. The minimum Gasteiger partial charge on any atom is -0.345 e. The van der Waals surface area contributed by atoms with E-state index in [1.807, 2.05) is 37.3 Å². The van der Waals surface area contributed by atoms with Crippen molar-refractivity contribution < 1.29 is 9.59 Å². The van der Waals surface area contributed by atoms with Crippen molar-refractivity contribution in [1.29, 1.82) is 0 Å². The molecule has 2 aromatic carbocycles. The summed E-state index contributed by atoms with van der Waals surface area (Å²) in [5, 5.41) is 5.43. The second-order valence-corrected chi connectivity index (χ2v) is 6.54. The van der Waals surface area contributed by atoms with Gasteiger partial charge in [0.1, 0.15) is 5.82 Å². The first kappa shape index (κ1) is 17.2. The molecule has 0 aliphatic heterocycles. The van der Waals surface area contributed by atoms with Gasteiger partial charge in [-0.25, -0.2) is 4.98 Å². The molecule has 25 heavy (non-hydrogen) atoms. The molecule has 0 bridgehead atoms. The third-order valence-electron chi connectivity index (χ3n) is 3.69. The first-order valence-electron chi connectivity index (χ1n) is 7.80. The SMILES string of the molecule is CC(NC(=O)CNC(=O)c1cccc(Br)c1)c1nc2ccccc2[nH]1. The van der Waals surface area contributed by atoms with Gasteiger partial charge in [-0.2, -0.15) is 0 Å². The highest BCUT2D eigenvalue weighted by Gasteiger charge is 2.14. The van der Waals surface area contributed by atoms with Crippen LogP contribution in [0.2, 0.25) is 0 Å². The zero-order chi connectivity index (χ0) is 17.8. The molecule has 1 unspecified atom stereocenters. The molecule has 1 atom stereocenters. The van der Waals surface area contributed by atoms with E-state index in [0.717, 1.165) is 15.5 Å². The summed E-state index contributed by atoms with van der Waals surface area (Å²) in [5.74, 6) is 0.0945. The smallest absolute Gasteiger partial charge is 0.251 e. The molecule has 6 nitrogen and oxygen atoms in total. The predicted molar refractivity (Wildman–Crippen MR) is 99.1 cm³/mol. The average molecular weight is 401 g/mol. The summed E-state index contributed by atoms with van der Waals surface area (Å²) in [6, 6.07) is 14.4. The number of hydrogen-bond donors (Lipinski definition) is 3. The summed E-state index contributed by atoms with van der Waals surface area (Å²) in [5.41, 5.74) is 2.26. The Balaban J connectivity index is 1.55. The molecule has 7 heteroatoms. The van der Waals surface area contributed by atoms with E-state index in [0.29, 0.717) is 11.4 Å². The van der Waals surface area contributed by atoms with Crippen molar-refractivity contribution in [1.82, 2.24) is 20.6 Å². The van der Waals surface area contributed by atoms with Gasteiger partial charge in [-0.15, -0.1) is 0 Å². The van der Waals surface area contributed by atoms with E-state index in [-0.39, 0.29) is 24.4 Å². The molecule has 0 spiro atoms. The number of rotatable bonds is 5. The first-order chi connectivity index (χ1) is 12.0. The monoisotopic (exact) mass is 400 g/mol. The predicted octanol–water partition coefficient (Wildman–Crippen LogP) is 2.93. The number of carbonyl (C=O) groups excluding carboxylic acids is 2. The van der Waals surface area contributed by atoms with E-state index in [2.05, 4.69) is 36.5 Å². The quantitative estimate of drug-likeness (QED) is 0.615. The van der Waals surface area contributed by atoms with Crippen molar-refractivity contribution >= 4 is 38.8 Å². The van der Waals surface area contributed by atoms with Gasteiger partial charge in [0.15, 0.2) is 0 Å². The number of nitrogens with one attached hydrogen (secondary N) is 3. The number of amides is 2. The number of halogens is 1. The second kappa shape index (κ2) is 7.48. The van der Waals surface area contributed by atoms with Crippen LogP contribution in [-0.2, 0) is 4.79 Å². The number of aromatic nitrogens is 2. The fourth-order valence-electron chi connectivity index (χ4n) is 2.43. The van der Waals surface area contributed by atoms with E-state index in [1.54, 1.807) is 18.2 Å². The maximum absolute atomic E-state index is 12.1. The van der Waals surface area contributed by atoms with Crippen LogP contribution in [0.1, 0.15) is 29.1 Å². The van der Waals surface area contributed by atoms with Gasteiger partial charge < -0.3 is 15.6 Å². The van der Waals surface area contributed by atoms with Crippen molar-refractivity contribution in [2.45, 2.75) is 13.0 Å². The highest BCUT2D eigenvalue weighted by molar-refractivity contribution is 9.10. The fraction of sp³-hybridized carbons (Fsp3) is 0.167. The molecule has 0 saturated carbocycles. The van der Waals surface area contributed by atoms with Crippen LogP contribution in [0.5, 0.6) is 0 Å². The third kappa shape index (κ3) is 4.24. The second-order valence-electron chi connectivity index (χ2n) is 5.62. The lowest BCUT2D eigenvalue weighted by molar-refractivity contribution is -0.120. The maximum atomic E-state index is 12.1. The average Bonchev–Trinajstić information content (AvgIpc) is 3.04. The Morgan fingerprint density at radius 2 is 2.00 bits per heavy atom. The van der Waals surface area contributed by atoms with Crippen LogP contribution in [0.3, 0.4) is 0 Å². The molecule has 2 amide bonds. The van der Waals surface area contributed by atoms with Crippen LogP contribution in [0.15, 0.2) is 53.0 Å². The standard InChI is InChI=1S/C18H17BrN4O2/c1-11(17-22-14-7-2-3-8-15(14)23-17)21-16(24)10-20-18(25)12-5-4-6-13(19)9-12/h2-9,11H,10H2,1H3,(H,20,25)(H,21,24)(H,22,23). The third-order valence-corrected chi connectivity index (χ3v) is 4.18. The number of nitrogens with zero attached hydrogens (tertiary/aromatic N) is 1. The van der Waals surface area contributed by atoms with Gasteiger partial charge >= 0.3 is 0 Å². The van der Waals surface area contributed by atoms with Gasteiger partial charge in [-0.1, -0.05) is 34.1 Å². The molecule has 1 aromatic heterocycles. The Morgan fingerprint density at radius 1 is 1.20 bits per heavy atom. The summed E-state index contributed by atoms with van der Waals surface area (Å²) in [6.45, 7) is 1.74. The van der Waals surface area contributed by atoms with Crippen LogP contribution >= 0.6 is 15.9 Å². The van der Waals surface area contributed by atoms with Crippen molar-refractivity contribution in [2.75, 3.05) is 6.54 Å². The molecular weight excluding hydrogens is 384 g/mol. The Kier molecular flexibility index (Phi) is 5.14. The van der Waals surface area contributed by atoms with Crippen LogP contribution in [-0.4, -0.2) is 28.3 Å². The summed E-state index contributed by atoms with van der Waals surface area (Å²) in [4.78, 5) is 31.7. The molecule has 0 radical (unpaired) electrons.